The topological polar surface area (TPSA) is 81.9 Å². The van der Waals surface area contributed by atoms with Gasteiger partial charge in [-0.3, -0.25) is 14.7 Å². The van der Waals surface area contributed by atoms with E-state index in [1.165, 1.54) is 0 Å². The summed E-state index contributed by atoms with van der Waals surface area (Å²) in [5.41, 5.74) is 1.12. The van der Waals surface area contributed by atoms with E-state index in [1.807, 2.05) is 43.3 Å². The smallest absolute Gasteiger partial charge is 0.239 e. The highest BCUT2D eigenvalue weighted by Gasteiger charge is 2.30. The van der Waals surface area contributed by atoms with Crippen molar-refractivity contribution in [3.8, 4) is 5.82 Å². The number of hydrogen-bond acceptors (Lipinski definition) is 5. The molecule has 2 saturated heterocycles. The molecule has 2 aromatic heterocycles. The van der Waals surface area contributed by atoms with E-state index in [2.05, 4.69) is 30.2 Å². The summed E-state index contributed by atoms with van der Waals surface area (Å²) in [7, 11) is 1.82. The number of amides is 1. The second-order valence-corrected chi connectivity index (χ2v) is 8.11. The van der Waals surface area contributed by atoms with Crippen molar-refractivity contribution in [3.05, 3.63) is 42.4 Å². The lowest BCUT2D eigenvalue weighted by Gasteiger charge is -2.39. The summed E-state index contributed by atoms with van der Waals surface area (Å²) >= 11 is 0. The largest absolute Gasteiger partial charge is 0.352 e. The van der Waals surface area contributed by atoms with Gasteiger partial charge in [0, 0.05) is 71.5 Å². The number of hydrogen-bond donors (Lipinski definition) is 1. The first-order valence-electron chi connectivity index (χ1n) is 11.1. The molecular weight excluding hydrogens is 392 g/mol. The number of aromatic nitrogens is 3. The summed E-state index contributed by atoms with van der Waals surface area (Å²) in [5, 5.41) is 7.71. The number of nitrogens with one attached hydrogen (secondary N) is 1. The van der Waals surface area contributed by atoms with E-state index in [4.69, 9.17) is 0 Å². The van der Waals surface area contributed by atoms with Crippen LogP contribution in [-0.2, 0) is 11.3 Å². The molecule has 1 amide bonds. The number of pyridine rings is 1. The van der Waals surface area contributed by atoms with Crippen molar-refractivity contribution < 1.29 is 4.79 Å². The Labute approximate surface area is 183 Å². The van der Waals surface area contributed by atoms with Crippen molar-refractivity contribution in [1.82, 2.24) is 34.8 Å². The fourth-order valence-electron chi connectivity index (χ4n) is 4.29. The average molecular weight is 425 g/mol. The molecule has 4 rings (SSSR count). The molecule has 2 aliphatic heterocycles. The van der Waals surface area contributed by atoms with Crippen LogP contribution in [0, 0.1) is 0 Å². The Bertz CT molecular complexity index is 883. The van der Waals surface area contributed by atoms with E-state index >= 15 is 0 Å². The zero-order valence-electron chi connectivity index (χ0n) is 18.4. The lowest BCUT2D eigenvalue weighted by atomic mass is 10.2. The van der Waals surface area contributed by atoms with Crippen LogP contribution in [0.3, 0.4) is 0 Å². The summed E-state index contributed by atoms with van der Waals surface area (Å²) in [6, 6.07) is 5.86. The molecule has 1 N–H and O–H groups in total. The van der Waals surface area contributed by atoms with Gasteiger partial charge in [-0.05, 0) is 43.5 Å². The molecule has 0 aliphatic carbocycles. The van der Waals surface area contributed by atoms with E-state index in [0.717, 1.165) is 69.5 Å². The van der Waals surface area contributed by atoms with Crippen molar-refractivity contribution in [3.63, 3.8) is 0 Å². The number of aliphatic imine (C=N–C) groups is 1. The van der Waals surface area contributed by atoms with Gasteiger partial charge in [-0.25, -0.2) is 9.67 Å². The third kappa shape index (κ3) is 5.04. The van der Waals surface area contributed by atoms with Gasteiger partial charge in [0.05, 0.1) is 6.04 Å². The van der Waals surface area contributed by atoms with Crippen LogP contribution in [0.2, 0.25) is 0 Å². The summed E-state index contributed by atoms with van der Waals surface area (Å²) in [4.78, 5) is 28.1. The molecule has 0 spiro atoms. The van der Waals surface area contributed by atoms with Gasteiger partial charge in [0.1, 0.15) is 0 Å². The number of likely N-dealkylation sites (tertiary alicyclic amines) is 1. The van der Waals surface area contributed by atoms with Crippen molar-refractivity contribution in [2.45, 2.75) is 32.4 Å². The second kappa shape index (κ2) is 9.91. The first kappa shape index (κ1) is 21.3. The molecule has 0 radical (unpaired) electrons. The van der Waals surface area contributed by atoms with E-state index in [9.17, 15) is 4.79 Å². The van der Waals surface area contributed by atoms with Gasteiger partial charge in [0.15, 0.2) is 11.8 Å². The Morgan fingerprint density at radius 3 is 2.58 bits per heavy atom. The number of guanidine groups is 1. The van der Waals surface area contributed by atoms with E-state index in [0.29, 0.717) is 6.54 Å². The molecule has 9 nitrogen and oxygen atoms in total. The van der Waals surface area contributed by atoms with E-state index in [-0.39, 0.29) is 11.9 Å². The number of piperazine rings is 1. The van der Waals surface area contributed by atoms with Crippen LogP contribution in [0.25, 0.3) is 5.82 Å². The molecule has 2 aromatic rings. The van der Waals surface area contributed by atoms with Crippen LogP contribution >= 0.6 is 0 Å². The van der Waals surface area contributed by atoms with Crippen LogP contribution in [0.5, 0.6) is 0 Å². The maximum absolute atomic E-state index is 12.7. The minimum absolute atomic E-state index is 0.0484. The standard InChI is InChI=1S/C22H32N8O/c1-18(21(31)28-9-3-4-10-28)27-12-14-29(15-13-27)22(23-2)25-17-19-6-8-24-20(16-19)30-11-5-7-26-30/h5-8,11,16,18H,3-4,9-10,12-15,17H2,1-2H3,(H,23,25). The van der Waals surface area contributed by atoms with Crippen molar-refractivity contribution >= 4 is 11.9 Å². The highest BCUT2D eigenvalue weighted by atomic mass is 16.2. The van der Waals surface area contributed by atoms with Gasteiger partial charge < -0.3 is 15.1 Å². The molecule has 0 aromatic carbocycles. The Hall–Kier alpha value is -2.94. The van der Waals surface area contributed by atoms with Gasteiger partial charge >= 0.3 is 0 Å². The predicted octanol–water partition coefficient (Wildman–Crippen LogP) is 0.971. The Morgan fingerprint density at radius 2 is 1.90 bits per heavy atom. The van der Waals surface area contributed by atoms with Gasteiger partial charge in [-0.15, -0.1) is 0 Å². The number of rotatable bonds is 5. The molecule has 31 heavy (non-hydrogen) atoms. The Morgan fingerprint density at radius 1 is 1.13 bits per heavy atom. The van der Waals surface area contributed by atoms with Crippen molar-refractivity contribution in [1.29, 1.82) is 0 Å². The molecule has 4 heterocycles. The molecule has 166 valence electrons. The average Bonchev–Trinajstić information content (AvgIpc) is 3.54. The van der Waals surface area contributed by atoms with Gasteiger partial charge in [-0.2, -0.15) is 5.10 Å². The highest BCUT2D eigenvalue weighted by Crippen LogP contribution is 2.14. The summed E-state index contributed by atoms with van der Waals surface area (Å²) in [6.07, 6.45) is 7.69. The number of nitrogens with zero attached hydrogens (tertiary/aromatic N) is 7. The van der Waals surface area contributed by atoms with Gasteiger partial charge in [0.25, 0.3) is 0 Å². The van der Waals surface area contributed by atoms with Gasteiger partial charge in [0.2, 0.25) is 5.91 Å². The molecular formula is C22H32N8O. The molecule has 2 fully saturated rings. The molecule has 2 aliphatic rings. The Kier molecular flexibility index (Phi) is 6.81. The minimum atomic E-state index is -0.0484. The maximum Gasteiger partial charge on any atom is 0.239 e. The lowest BCUT2D eigenvalue weighted by molar-refractivity contribution is -0.135. The number of carbonyl (C=O) groups excluding carboxylic acids is 1. The van der Waals surface area contributed by atoms with Crippen LogP contribution in [0.15, 0.2) is 41.8 Å². The molecule has 0 saturated carbocycles. The monoisotopic (exact) mass is 424 g/mol. The molecule has 9 heteroatoms. The molecule has 1 unspecified atom stereocenters. The van der Waals surface area contributed by atoms with Crippen LogP contribution < -0.4 is 5.32 Å². The first-order valence-corrected chi connectivity index (χ1v) is 11.1. The zero-order chi connectivity index (χ0) is 21.6. The first-order chi connectivity index (χ1) is 15.2. The fraction of sp³-hybridized carbons (Fsp3) is 0.545. The third-order valence-electron chi connectivity index (χ3n) is 6.15. The lowest BCUT2D eigenvalue weighted by Crippen LogP contribution is -2.57. The quantitative estimate of drug-likeness (QED) is 0.569. The molecule has 1 atom stereocenters. The Balaban J connectivity index is 1.29. The van der Waals surface area contributed by atoms with E-state index in [1.54, 1.807) is 17.1 Å². The SMILES string of the molecule is CN=C(NCc1ccnc(-n2cccn2)c1)N1CCN(C(C)C(=O)N2CCCC2)CC1. The van der Waals surface area contributed by atoms with Crippen LogP contribution in [-0.4, -0.2) is 93.7 Å². The zero-order valence-corrected chi connectivity index (χ0v) is 18.4. The van der Waals surface area contributed by atoms with Gasteiger partial charge in [-0.1, -0.05) is 0 Å². The summed E-state index contributed by atoms with van der Waals surface area (Å²) in [5.74, 6) is 1.96. The highest BCUT2D eigenvalue weighted by molar-refractivity contribution is 5.82. The fourth-order valence-corrected chi connectivity index (χ4v) is 4.29. The van der Waals surface area contributed by atoms with Crippen molar-refractivity contribution in [2.75, 3.05) is 46.3 Å². The third-order valence-corrected chi connectivity index (χ3v) is 6.15. The van der Waals surface area contributed by atoms with Crippen LogP contribution in [0.4, 0.5) is 0 Å². The van der Waals surface area contributed by atoms with Crippen LogP contribution in [0.1, 0.15) is 25.3 Å². The number of carbonyl (C=O) groups is 1. The predicted molar refractivity (Wildman–Crippen MR) is 120 cm³/mol. The summed E-state index contributed by atoms with van der Waals surface area (Å²) in [6.45, 7) is 7.96. The minimum Gasteiger partial charge on any atom is -0.352 e. The maximum atomic E-state index is 12.7. The normalized spacial score (nSPS) is 19.0. The molecule has 0 bridgehead atoms. The van der Waals surface area contributed by atoms with Crippen molar-refractivity contribution in [2.24, 2.45) is 4.99 Å². The van der Waals surface area contributed by atoms with E-state index < -0.39 is 0 Å². The second-order valence-electron chi connectivity index (χ2n) is 8.11. The summed E-state index contributed by atoms with van der Waals surface area (Å²) < 4.78 is 1.75.